The summed E-state index contributed by atoms with van der Waals surface area (Å²) in [4.78, 5) is 10.8. The Labute approximate surface area is 124 Å². The molecule has 1 saturated heterocycles. The van der Waals surface area contributed by atoms with Crippen molar-refractivity contribution in [2.24, 2.45) is 0 Å². The first kappa shape index (κ1) is 16.1. The average Bonchev–Trinajstić information content (AvgIpc) is 2.40. The molecule has 0 spiro atoms. The number of hydrogen-bond donors (Lipinski definition) is 0. The molecule has 9 heteroatoms. The van der Waals surface area contributed by atoms with Gasteiger partial charge in [0.2, 0.25) is 0 Å². The van der Waals surface area contributed by atoms with E-state index in [0.717, 1.165) is 0 Å². The predicted molar refractivity (Wildman–Crippen MR) is 68.7 cm³/mol. The third-order valence-electron chi connectivity index (χ3n) is 2.93. The lowest BCUT2D eigenvalue weighted by molar-refractivity contribution is -0.0162. The molecule has 0 bridgehead atoms. The topological polar surface area (TPSA) is 69.7 Å². The lowest BCUT2D eigenvalue weighted by atomic mass is 10.1. The number of benzene rings is 1. The van der Waals surface area contributed by atoms with Crippen LogP contribution < -0.4 is 0 Å². The molecule has 0 unspecified atom stereocenters. The van der Waals surface area contributed by atoms with Crippen LogP contribution in [0.2, 0.25) is 0 Å². The number of halogens is 3. The van der Waals surface area contributed by atoms with Gasteiger partial charge in [0.05, 0.1) is 18.8 Å². The van der Waals surface area contributed by atoms with E-state index in [0.29, 0.717) is 38.2 Å². The molecule has 0 atom stereocenters. The molecule has 2 rings (SSSR count). The Morgan fingerprint density at radius 1 is 1.29 bits per heavy atom. The summed E-state index contributed by atoms with van der Waals surface area (Å²) < 4.78 is 59.8. The summed E-state index contributed by atoms with van der Waals surface area (Å²) in [5, 5.41) is 0. The van der Waals surface area contributed by atoms with E-state index < -0.39 is 43.2 Å². The molecule has 0 N–H and O–H groups in total. The largest absolute Gasteiger partial charge is 0.459 e. The van der Waals surface area contributed by atoms with E-state index >= 15 is 0 Å². The van der Waals surface area contributed by atoms with Crippen LogP contribution in [-0.4, -0.2) is 33.7 Å². The number of rotatable bonds is 3. The summed E-state index contributed by atoms with van der Waals surface area (Å²) in [6.07, 6.45) is 0.386. The Morgan fingerprint density at radius 2 is 1.90 bits per heavy atom. The lowest BCUT2D eigenvalue weighted by Crippen LogP contribution is -2.26. The van der Waals surface area contributed by atoms with Gasteiger partial charge in [0, 0.05) is 23.5 Å². The Balaban J connectivity index is 2.30. The summed E-state index contributed by atoms with van der Waals surface area (Å²) in [5.41, 5.74) is -0.805. The zero-order chi connectivity index (χ0) is 15.6. The number of ether oxygens (including phenoxy) is 2. The van der Waals surface area contributed by atoms with Crippen molar-refractivity contribution in [1.29, 1.82) is 0 Å². The van der Waals surface area contributed by atoms with E-state index in [4.69, 9.17) is 20.2 Å². The van der Waals surface area contributed by atoms with Gasteiger partial charge in [-0.1, -0.05) is 0 Å². The molecule has 1 aliphatic rings. The fourth-order valence-electron chi connectivity index (χ4n) is 1.90. The molecule has 0 aliphatic carbocycles. The smallest absolute Gasteiger partial charge is 0.341 e. The van der Waals surface area contributed by atoms with Crippen molar-refractivity contribution in [2.45, 2.75) is 23.8 Å². The van der Waals surface area contributed by atoms with Crippen LogP contribution in [0.1, 0.15) is 23.2 Å². The van der Waals surface area contributed by atoms with Crippen molar-refractivity contribution in [3.05, 3.63) is 29.3 Å². The molecule has 0 saturated carbocycles. The maximum atomic E-state index is 14.0. The quantitative estimate of drug-likeness (QED) is 0.623. The van der Waals surface area contributed by atoms with Gasteiger partial charge in [-0.2, -0.15) is 0 Å². The zero-order valence-corrected chi connectivity index (χ0v) is 12.2. The van der Waals surface area contributed by atoms with Gasteiger partial charge in [-0.15, -0.1) is 0 Å². The van der Waals surface area contributed by atoms with Crippen molar-refractivity contribution >= 4 is 25.7 Å². The molecule has 0 aromatic heterocycles. The fourth-order valence-corrected chi connectivity index (χ4v) is 2.81. The normalized spacial score (nSPS) is 16.7. The second-order valence-electron chi connectivity index (χ2n) is 4.42. The highest BCUT2D eigenvalue weighted by atomic mass is 35.7. The summed E-state index contributed by atoms with van der Waals surface area (Å²) in [5.74, 6) is -3.67. The molecule has 116 valence electrons. The highest BCUT2D eigenvalue weighted by Gasteiger charge is 2.27. The zero-order valence-electron chi connectivity index (χ0n) is 10.6. The van der Waals surface area contributed by atoms with Crippen LogP contribution in [0.5, 0.6) is 0 Å². The third-order valence-corrected chi connectivity index (χ3v) is 4.25. The molecule has 1 heterocycles. The van der Waals surface area contributed by atoms with Gasteiger partial charge in [-0.05, 0) is 12.1 Å². The molecular formula is C12H11ClF2O5S. The van der Waals surface area contributed by atoms with Gasteiger partial charge < -0.3 is 9.47 Å². The third kappa shape index (κ3) is 3.90. The second-order valence-corrected chi connectivity index (χ2v) is 6.95. The van der Waals surface area contributed by atoms with Crippen molar-refractivity contribution in [2.75, 3.05) is 13.2 Å². The van der Waals surface area contributed by atoms with Crippen LogP contribution in [0, 0.1) is 11.6 Å². The van der Waals surface area contributed by atoms with Crippen molar-refractivity contribution in [3.63, 3.8) is 0 Å². The van der Waals surface area contributed by atoms with E-state index in [1.165, 1.54) is 0 Å². The van der Waals surface area contributed by atoms with E-state index in [1.54, 1.807) is 0 Å². The molecular weight excluding hydrogens is 330 g/mol. The maximum Gasteiger partial charge on any atom is 0.341 e. The van der Waals surface area contributed by atoms with Crippen LogP contribution >= 0.6 is 10.7 Å². The van der Waals surface area contributed by atoms with Crippen LogP contribution in [0.4, 0.5) is 8.78 Å². The minimum Gasteiger partial charge on any atom is -0.459 e. The van der Waals surface area contributed by atoms with Crippen molar-refractivity contribution in [1.82, 2.24) is 0 Å². The van der Waals surface area contributed by atoms with Crippen LogP contribution in [0.3, 0.4) is 0 Å². The first-order valence-corrected chi connectivity index (χ1v) is 8.32. The minimum atomic E-state index is -4.52. The summed E-state index contributed by atoms with van der Waals surface area (Å²) in [7, 11) is 0.486. The molecule has 0 amide bonds. The second kappa shape index (κ2) is 6.25. The number of esters is 1. The van der Waals surface area contributed by atoms with Crippen molar-refractivity contribution < 1.29 is 31.5 Å². The number of carbonyl (C=O) groups is 1. The predicted octanol–water partition coefficient (Wildman–Crippen LogP) is 2.23. The monoisotopic (exact) mass is 340 g/mol. The molecule has 21 heavy (non-hydrogen) atoms. The van der Waals surface area contributed by atoms with Gasteiger partial charge in [0.25, 0.3) is 9.05 Å². The van der Waals surface area contributed by atoms with Gasteiger partial charge in [0.15, 0.2) is 5.82 Å². The van der Waals surface area contributed by atoms with E-state index in [1.807, 2.05) is 0 Å². The molecule has 1 fully saturated rings. The standard InChI is InChI=1S/C12H11ClF2O5S/c13-21(17,18)10-6-7(14)5-9(11(10)15)12(16)20-8-1-3-19-4-2-8/h5-6,8H,1-4H2. The lowest BCUT2D eigenvalue weighted by Gasteiger charge is -2.22. The first-order chi connectivity index (χ1) is 9.79. The maximum absolute atomic E-state index is 14.0. The molecule has 0 radical (unpaired) electrons. The highest BCUT2D eigenvalue weighted by Crippen LogP contribution is 2.25. The Kier molecular flexibility index (Phi) is 4.80. The minimum absolute atomic E-state index is 0.394. The van der Waals surface area contributed by atoms with E-state index in [-0.39, 0.29) is 0 Å². The van der Waals surface area contributed by atoms with Crippen LogP contribution in [0.25, 0.3) is 0 Å². The van der Waals surface area contributed by atoms with Gasteiger partial charge in [-0.3, -0.25) is 0 Å². The van der Waals surface area contributed by atoms with Crippen molar-refractivity contribution in [3.8, 4) is 0 Å². The van der Waals surface area contributed by atoms with Gasteiger partial charge in [-0.25, -0.2) is 22.0 Å². The summed E-state index contributed by atoms with van der Waals surface area (Å²) >= 11 is 0. The molecule has 1 aromatic carbocycles. The SMILES string of the molecule is O=C(OC1CCOCC1)c1cc(F)cc(S(=O)(=O)Cl)c1F. The molecule has 1 aromatic rings. The summed E-state index contributed by atoms with van der Waals surface area (Å²) in [6, 6.07) is 0.978. The van der Waals surface area contributed by atoms with Gasteiger partial charge >= 0.3 is 5.97 Å². The van der Waals surface area contributed by atoms with Gasteiger partial charge in [0.1, 0.15) is 16.8 Å². The highest BCUT2D eigenvalue weighted by molar-refractivity contribution is 8.13. The molecule has 5 nitrogen and oxygen atoms in total. The number of hydrogen-bond acceptors (Lipinski definition) is 5. The first-order valence-electron chi connectivity index (χ1n) is 6.01. The Hall–Kier alpha value is -1.25. The van der Waals surface area contributed by atoms with E-state index in [2.05, 4.69) is 0 Å². The van der Waals surface area contributed by atoms with Crippen LogP contribution in [-0.2, 0) is 18.5 Å². The Bertz CT molecular complexity index is 656. The van der Waals surface area contributed by atoms with E-state index in [9.17, 15) is 22.0 Å². The summed E-state index contributed by atoms with van der Waals surface area (Å²) in [6.45, 7) is 0.787. The van der Waals surface area contributed by atoms with Crippen LogP contribution in [0.15, 0.2) is 17.0 Å². The molecule has 1 aliphatic heterocycles. The fraction of sp³-hybridized carbons (Fsp3) is 0.417. The number of carbonyl (C=O) groups excluding carboxylic acids is 1. The average molecular weight is 341 g/mol. The Morgan fingerprint density at radius 3 is 2.48 bits per heavy atom.